The molecular formula is C17H13NO3. The van der Waals surface area contributed by atoms with Gasteiger partial charge in [0.25, 0.3) is 11.8 Å². The molecule has 2 amide bonds. The highest BCUT2D eigenvalue weighted by Crippen LogP contribution is 2.22. The summed E-state index contributed by atoms with van der Waals surface area (Å²) in [5.74, 6) is -0.356. The van der Waals surface area contributed by atoms with Crippen molar-refractivity contribution in [3.05, 3.63) is 71.3 Å². The third-order valence-electron chi connectivity index (χ3n) is 3.35. The molecule has 0 spiro atoms. The number of hydrogen-bond acceptors (Lipinski definition) is 3. The number of imide groups is 1. The summed E-state index contributed by atoms with van der Waals surface area (Å²) in [6.07, 6.45) is 3.50. The molecule has 0 unspecified atom stereocenters. The molecule has 1 heterocycles. The number of rotatable bonds is 3. The van der Waals surface area contributed by atoms with Crippen LogP contribution in [-0.2, 0) is 0 Å². The van der Waals surface area contributed by atoms with Crippen LogP contribution in [0.1, 0.15) is 26.3 Å². The normalized spacial score (nSPS) is 14.0. The number of phenolic OH excluding ortho intramolecular Hbond substituents is 1. The van der Waals surface area contributed by atoms with Crippen LogP contribution in [0.4, 0.5) is 0 Å². The van der Waals surface area contributed by atoms with Gasteiger partial charge in [0, 0.05) is 6.54 Å². The summed E-state index contributed by atoms with van der Waals surface area (Å²) in [6, 6.07) is 13.6. The molecule has 104 valence electrons. The number of carbonyl (C=O) groups excluding carboxylic acids is 2. The molecule has 0 aliphatic carbocycles. The average molecular weight is 279 g/mol. The maximum absolute atomic E-state index is 12.1. The maximum atomic E-state index is 12.1. The van der Waals surface area contributed by atoms with E-state index in [1.54, 1.807) is 54.6 Å². The van der Waals surface area contributed by atoms with Crippen molar-refractivity contribution in [2.24, 2.45) is 0 Å². The van der Waals surface area contributed by atoms with Crippen molar-refractivity contribution < 1.29 is 14.7 Å². The Bertz CT molecular complexity index is 714. The Kier molecular flexibility index (Phi) is 3.28. The summed E-state index contributed by atoms with van der Waals surface area (Å²) < 4.78 is 0. The Morgan fingerprint density at radius 1 is 0.952 bits per heavy atom. The molecule has 0 saturated heterocycles. The zero-order chi connectivity index (χ0) is 14.8. The first kappa shape index (κ1) is 13.1. The predicted octanol–water partition coefficient (Wildman–Crippen LogP) is 2.70. The number of hydrogen-bond donors (Lipinski definition) is 1. The van der Waals surface area contributed by atoms with Gasteiger partial charge in [-0.3, -0.25) is 14.5 Å². The molecule has 0 fully saturated rings. The fourth-order valence-electron chi connectivity index (χ4n) is 2.33. The second-order valence-corrected chi connectivity index (χ2v) is 4.76. The van der Waals surface area contributed by atoms with E-state index in [2.05, 4.69) is 0 Å². The first-order chi connectivity index (χ1) is 10.2. The van der Waals surface area contributed by atoms with Gasteiger partial charge in [0.05, 0.1) is 11.1 Å². The molecule has 0 aromatic heterocycles. The summed E-state index contributed by atoms with van der Waals surface area (Å²) in [4.78, 5) is 25.5. The Balaban J connectivity index is 1.75. The summed E-state index contributed by atoms with van der Waals surface area (Å²) in [5.41, 5.74) is 1.72. The molecular weight excluding hydrogens is 266 g/mol. The van der Waals surface area contributed by atoms with E-state index < -0.39 is 0 Å². The van der Waals surface area contributed by atoms with E-state index in [-0.39, 0.29) is 24.1 Å². The van der Waals surface area contributed by atoms with Crippen LogP contribution >= 0.6 is 0 Å². The molecule has 1 aliphatic rings. The lowest BCUT2D eigenvalue weighted by Crippen LogP contribution is -2.29. The predicted molar refractivity (Wildman–Crippen MR) is 78.9 cm³/mol. The fraction of sp³-hybridized carbons (Fsp3) is 0.0588. The molecule has 4 nitrogen and oxygen atoms in total. The van der Waals surface area contributed by atoms with Gasteiger partial charge in [-0.25, -0.2) is 0 Å². The Labute approximate surface area is 121 Å². The highest BCUT2D eigenvalue weighted by molar-refractivity contribution is 6.21. The molecule has 1 aliphatic heterocycles. The standard InChI is InChI=1S/C17H13NO3/c19-13-7-3-5-12(11-13)6-4-10-18-16(20)14-8-1-2-9-15(14)17(18)21/h1-9,11,19H,10H2/b6-4+. The van der Waals surface area contributed by atoms with Crippen molar-refractivity contribution in [1.29, 1.82) is 0 Å². The lowest BCUT2D eigenvalue weighted by Gasteiger charge is -2.10. The summed E-state index contributed by atoms with van der Waals surface area (Å²) in [5, 5.41) is 9.37. The molecule has 0 bridgehead atoms. The molecule has 0 saturated carbocycles. The first-order valence-electron chi connectivity index (χ1n) is 6.57. The van der Waals surface area contributed by atoms with Gasteiger partial charge in [-0.15, -0.1) is 0 Å². The first-order valence-corrected chi connectivity index (χ1v) is 6.57. The second kappa shape index (κ2) is 5.25. The third kappa shape index (κ3) is 2.43. The van der Waals surface area contributed by atoms with Gasteiger partial charge < -0.3 is 5.11 Å². The van der Waals surface area contributed by atoms with Crippen LogP contribution in [0.25, 0.3) is 6.08 Å². The van der Waals surface area contributed by atoms with Crippen molar-refractivity contribution in [2.75, 3.05) is 6.54 Å². The minimum Gasteiger partial charge on any atom is -0.508 e. The van der Waals surface area contributed by atoms with E-state index in [4.69, 9.17) is 0 Å². The SMILES string of the molecule is O=C1c2ccccc2C(=O)N1C/C=C/c1cccc(O)c1. The Morgan fingerprint density at radius 2 is 1.62 bits per heavy atom. The number of amides is 2. The van der Waals surface area contributed by atoms with Crippen LogP contribution in [-0.4, -0.2) is 28.4 Å². The van der Waals surface area contributed by atoms with E-state index >= 15 is 0 Å². The minimum atomic E-state index is -0.267. The summed E-state index contributed by atoms with van der Waals surface area (Å²) in [7, 11) is 0. The van der Waals surface area contributed by atoms with Gasteiger partial charge in [-0.05, 0) is 29.8 Å². The van der Waals surface area contributed by atoms with E-state index in [0.29, 0.717) is 11.1 Å². The minimum absolute atomic E-state index is 0.179. The van der Waals surface area contributed by atoms with Crippen LogP contribution in [0.5, 0.6) is 5.75 Å². The van der Waals surface area contributed by atoms with Crippen LogP contribution < -0.4 is 0 Å². The highest BCUT2D eigenvalue weighted by Gasteiger charge is 2.33. The van der Waals surface area contributed by atoms with Crippen molar-refractivity contribution in [3.63, 3.8) is 0 Å². The van der Waals surface area contributed by atoms with E-state index in [0.717, 1.165) is 5.56 Å². The molecule has 4 heteroatoms. The number of aromatic hydroxyl groups is 1. The lowest BCUT2D eigenvalue weighted by atomic mass is 10.1. The smallest absolute Gasteiger partial charge is 0.261 e. The zero-order valence-corrected chi connectivity index (χ0v) is 11.2. The average Bonchev–Trinajstić information content (AvgIpc) is 2.73. The number of phenols is 1. The molecule has 2 aromatic rings. The second-order valence-electron chi connectivity index (χ2n) is 4.76. The largest absolute Gasteiger partial charge is 0.508 e. The van der Waals surface area contributed by atoms with Crippen LogP contribution in [0.3, 0.4) is 0 Å². The molecule has 2 aromatic carbocycles. The van der Waals surface area contributed by atoms with Gasteiger partial charge in [-0.1, -0.05) is 36.4 Å². The van der Waals surface area contributed by atoms with E-state index in [1.807, 2.05) is 6.07 Å². The van der Waals surface area contributed by atoms with Gasteiger partial charge in [0.15, 0.2) is 0 Å². The third-order valence-corrected chi connectivity index (χ3v) is 3.35. The molecule has 0 radical (unpaired) electrons. The van der Waals surface area contributed by atoms with Gasteiger partial charge in [0.1, 0.15) is 5.75 Å². The molecule has 3 rings (SSSR count). The summed E-state index contributed by atoms with van der Waals surface area (Å²) >= 11 is 0. The zero-order valence-electron chi connectivity index (χ0n) is 11.2. The van der Waals surface area contributed by atoms with Crippen LogP contribution in [0.2, 0.25) is 0 Å². The topological polar surface area (TPSA) is 57.6 Å². The van der Waals surface area contributed by atoms with Crippen LogP contribution in [0.15, 0.2) is 54.6 Å². The molecule has 1 N–H and O–H groups in total. The highest BCUT2D eigenvalue weighted by atomic mass is 16.3. The van der Waals surface area contributed by atoms with Gasteiger partial charge in [-0.2, -0.15) is 0 Å². The lowest BCUT2D eigenvalue weighted by molar-refractivity contribution is 0.0672. The van der Waals surface area contributed by atoms with E-state index in [9.17, 15) is 14.7 Å². The number of benzene rings is 2. The summed E-state index contributed by atoms with van der Waals surface area (Å²) in [6.45, 7) is 0.210. The van der Waals surface area contributed by atoms with Crippen molar-refractivity contribution in [2.45, 2.75) is 0 Å². The van der Waals surface area contributed by atoms with Gasteiger partial charge in [0.2, 0.25) is 0 Å². The quantitative estimate of drug-likeness (QED) is 0.879. The van der Waals surface area contributed by atoms with Crippen molar-refractivity contribution in [1.82, 2.24) is 4.90 Å². The van der Waals surface area contributed by atoms with Crippen molar-refractivity contribution >= 4 is 17.9 Å². The molecule has 21 heavy (non-hydrogen) atoms. The van der Waals surface area contributed by atoms with E-state index in [1.165, 1.54) is 4.90 Å². The number of carbonyl (C=O) groups is 2. The van der Waals surface area contributed by atoms with Crippen LogP contribution in [0, 0.1) is 0 Å². The Hall–Kier alpha value is -2.88. The maximum Gasteiger partial charge on any atom is 0.261 e. The number of fused-ring (bicyclic) bond motifs is 1. The van der Waals surface area contributed by atoms with Crippen molar-refractivity contribution in [3.8, 4) is 5.75 Å². The monoisotopic (exact) mass is 279 g/mol. The van der Waals surface area contributed by atoms with Gasteiger partial charge >= 0.3 is 0 Å². The molecule has 0 atom stereocenters. The fourth-order valence-corrected chi connectivity index (χ4v) is 2.33. The number of nitrogens with zero attached hydrogens (tertiary/aromatic N) is 1. The Morgan fingerprint density at radius 3 is 2.24 bits per heavy atom.